The Morgan fingerprint density at radius 2 is 2.00 bits per heavy atom. The Bertz CT molecular complexity index is 441. The molecule has 1 aromatic carbocycles. The summed E-state index contributed by atoms with van der Waals surface area (Å²) in [5.74, 6) is 0.655. The first-order chi connectivity index (χ1) is 7.90. The third kappa shape index (κ3) is 3.47. The van der Waals surface area contributed by atoms with Crippen molar-refractivity contribution in [2.45, 2.75) is 39.5 Å². The fraction of sp³-hybridized carbons (Fsp3) is 0.500. The molecule has 0 atom stereocenters. The van der Waals surface area contributed by atoms with Crippen LogP contribution in [0.15, 0.2) is 16.6 Å². The minimum absolute atomic E-state index is 0.0252. The summed E-state index contributed by atoms with van der Waals surface area (Å²) in [7, 11) is 0. The summed E-state index contributed by atoms with van der Waals surface area (Å²) >= 11 is 3.49. The number of nitriles is 1. The van der Waals surface area contributed by atoms with Gasteiger partial charge in [-0.15, -0.1) is 0 Å². The molecule has 0 fully saturated rings. The predicted octanol–water partition coefficient (Wildman–Crippen LogP) is 4.41. The summed E-state index contributed by atoms with van der Waals surface area (Å²) in [6.07, 6.45) is 0.929. The fourth-order valence-corrected chi connectivity index (χ4v) is 2.03. The average molecular weight is 296 g/mol. The maximum Gasteiger partial charge on any atom is 0.151 e. The van der Waals surface area contributed by atoms with Crippen molar-refractivity contribution in [3.05, 3.63) is 27.7 Å². The van der Waals surface area contributed by atoms with Crippen molar-refractivity contribution in [2.75, 3.05) is 6.61 Å². The lowest BCUT2D eigenvalue weighted by Gasteiger charge is -2.21. The molecule has 0 radical (unpaired) electrons. The summed E-state index contributed by atoms with van der Waals surface area (Å²) in [5.41, 5.74) is 1.75. The molecule has 0 aliphatic rings. The maximum atomic E-state index is 9.18. The molecule has 0 amide bonds. The molecule has 0 unspecified atom stereocenters. The Morgan fingerprint density at radius 3 is 2.47 bits per heavy atom. The summed E-state index contributed by atoms with van der Waals surface area (Å²) in [6, 6.07) is 6.15. The molecule has 92 valence electrons. The molecule has 1 rings (SSSR count). The first kappa shape index (κ1) is 14.1. The number of hydrogen-bond donors (Lipinski definition) is 0. The van der Waals surface area contributed by atoms with Gasteiger partial charge in [0.15, 0.2) is 5.75 Å². The second-order valence-electron chi connectivity index (χ2n) is 5.05. The zero-order valence-corrected chi connectivity index (χ0v) is 12.4. The molecule has 0 saturated carbocycles. The minimum atomic E-state index is 0.0252. The van der Waals surface area contributed by atoms with Crippen molar-refractivity contribution >= 4 is 15.9 Å². The second kappa shape index (κ2) is 5.55. The van der Waals surface area contributed by atoms with Crippen LogP contribution < -0.4 is 4.74 Å². The van der Waals surface area contributed by atoms with Crippen LogP contribution in [0.3, 0.4) is 0 Å². The maximum absolute atomic E-state index is 9.18. The van der Waals surface area contributed by atoms with Crippen molar-refractivity contribution in [1.82, 2.24) is 0 Å². The largest absolute Gasteiger partial charge is 0.491 e. The standard InChI is InChI=1S/C14H18BrNO/c1-5-6-17-13-10(9-16)7-11(8-12(13)15)14(2,3)4/h7-8H,5-6H2,1-4H3. The fourth-order valence-electron chi connectivity index (χ4n) is 1.46. The van der Waals surface area contributed by atoms with Gasteiger partial charge in [-0.05, 0) is 45.5 Å². The second-order valence-corrected chi connectivity index (χ2v) is 5.90. The number of benzene rings is 1. The number of nitrogens with zero attached hydrogens (tertiary/aromatic N) is 1. The van der Waals surface area contributed by atoms with Gasteiger partial charge in [-0.1, -0.05) is 27.7 Å². The predicted molar refractivity (Wildman–Crippen MR) is 73.3 cm³/mol. The molecule has 0 bridgehead atoms. The zero-order valence-electron chi connectivity index (χ0n) is 10.8. The summed E-state index contributed by atoms with van der Waals surface area (Å²) < 4.78 is 6.46. The van der Waals surface area contributed by atoms with Gasteiger partial charge in [0.05, 0.1) is 16.6 Å². The van der Waals surface area contributed by atoms with Crippen LogP contribution in [0.25, 0.3) is 0 Å². The van der Waals surface area contributed by atoms with Crippen LogP contribution in [-0.2, 0) is 5.41 Å². The molecule has 2 nitrogen and oxygen atoms in total. The molecule has 0 aliphatic carbocycles. The highest BCUT2D eigenvalue weighted by atomic mass is 79.9. The third-order valence-electron chi connectivity index (χ3n) is 2.48. The quantitative estimate of drug-likeness (QED) is 0.828. The highest BCUT2D eigenvalue weighted by molar-refractivity contribution is 9.10. The summed E-state index contributed by atoms with van der Waals surface area (Å²) in [4.78, 5) is 0. The number of halogens is 1. The molecule has 1 aromatic rings. The molecule has 3 heteroatoms. The van der Waals surface area contributed by atoms with Gasteiger partial charge in [0, 0.05) is 0 Å². The van der Waals surface area contributed by atoms with Gasteiger partial charge in [-0.25, -0.2) is 0 Å². The van der Waals surface area contributed by atoms with Crippen LogP contribution in [-0.4, -0.2) is 6.61 Å². The lowest BCUT2D eigenvalue weighted by molar-refractivity contribution is 0.314. The third-order valence-corrected chi connectivity index (χ3v) is 3.07. The number of rotatable bonds is 3. The first-order valence-corrected chi connectivity index (χ1v) is 6.56. The number of hydrogen-bond acceptors (Lipinski definition) is 2. The lowest BCUT2D eigenvalue weighted by atomic mass is 9.86. The van der Waals surface area contributed by atoms with Crippen molar-refractivity contribution in [1.29, 1.82) is 5.26 Å². The van der Waals surface area contributed by atoms with E-state index in [-0.39, 0.29) is 5.41 Å². The molecule has 0 spiro atoms. The van der Waals surface area contributed by atoms with Crippen LogP contribution in [0.1, 0.15) is 45.2 Å². The van der Waals surface area contributed by atoms with Crippen LogP contribution >= 0.6 is 15.9 Å². The highest BCUT2D eigenvalue weighted by Crippen LogP contribution is 2.34. The van der Waals surface area contributed by atoms with E-state index < -0.39 is 0 Å². The van der Waals surface area contributed by atoms with Crippen LogP contribution in [0.5, 0.6) is 5.75 Å². The topological polar surface area (TPSA) is 33.0 Å². The van der Waals surface area contributed by atoms with E-state index in [1.54, 1.807) is 0 Å². The van der Waals surface area contributed by atoms with E-state index in [0.717, 1.165) is 16.5 Å². The molecular formula is C14H18BrNO. The van der Waals surface area contributed by atoms with Crippen LogP contribution in [0.2, 0.25) is 0 Å². The molecule has 0 aliphatic heterocycles. The molecule has 0 N–H and O–H groups in total. The van der Waals surface area contributed by atoms with Gasteiger partial charge in [-0.3, -0.25) is 0 Å². The van der Waals surface area contributed by atoms with Crippen molar-refractivity contribution in [3.8, 4) is 11.8 Å². The Labute approximate surface area is 112 Å². The van der Waals surface area contributed by atoms with E-state index in [2.05, 4.69) is 42.8 Å². The van der Waals surface area contributed by atoms with E-state index in [1.165, 1.54) is 0 Å². The van der Waals surface area contributed by atoms with Crippen molar-refractivity contribution in [3.63, 3.8) is 0 Å². The van der Waals surface area contributed by atoms with E-state index in [9.17, 15) is 5.26 Å². The van der Waals surface area contributed by atoms with Gasteiger partial charge < -0.3 is 4.74 Å². The Kier molecular flexibility index (Phi) is 4.59. The van der Waals surface area contributed by atoms with Gasteiger partial charge >= 0.3 is 0 Å². The van der Waals surface area contributed by atoms with E-state index in [0.29, 0.717) is 17.9 Å². The van der Waals surface area contributed by atoms with Gasteiger partial charge in [0.25, 0.3) is 0 Å². The number of ether oxygens (including phenoxy) is 1. The molecule has 0 saturated heterocycles. The lowest BCUT2D eigenvalue weighted by Crippen LogP contribution is -2.12. The van der Waals surface area contributed by atoms with Gasteiger partial charge in [0.1, 0.15) is 6.07 Å². The smallest absolute Gasteiger partial charge is 0.151 e. The normalized spacial score (nSPS) is 11.1. The van der Waals surface area contributed by atoms with Crippen LogP contribution in [0, 0.1) is 11.3 Å². The highest BCUT2D eigenvalue weighted by Gasteiger charge is 2.18. The first-order valence-electron chi connectivity index (χ1n) is 5.77. The molecule has 17 heavy (non-hydrogen) atoms. The summed E-state index contributed by atoms with van der Waals surface area (Å²) in [6.45, 7) is 9.05. The molecule has 0 aromatic heterocycles. The average Bonchev–Trinajstić information content (AvgIpc) is 2.25. The SMILES string of the molecule is CCCOc1c(Br)cc(C(C)(C)C)cc1C#N. The Hall–Kier alpha value is -1.01. The Balaban J connectivity index is 3.23. The molecular weight excluding hydrogens is 278 g/mol. The molecule has 0 heterocycles. The minimum Gasteiger partial charge on any atom is -0.491 e. The van der Waals surface area contributed by atoms with Gasteiger partial charge in [-0.2, -0.15) is 5.26 Å². The van der Waals surface area contributed by atoms with Gasteiger partial charge in [0.2, 0.25) is 0 Å². The van der Waals surface area contributed by atoms with Crippen LogP contribution in [0.4, 0.5) is 0 Å². The van der Waals surface area contributed by atoms with E-state index in [4.69, 9.17) is 4.74 Å². The van der Waals surface area contributed by atoms with Crippen molar-refractivity contribution < 1.29 is 4.74 Å². The summed E-state index contributed by atoms with van der Waals surface area (Å²) in [5, 5.41) is 9.18. The van der Waals surface area contributed by atoms with E-state index >= 15 is 0 Å². The Morgan fingerprint density at radius 1 is 1.35 bits per heavy atom. The van der Waals surface area contributed by atoms with Crippen molar-refractivity contribution in [2.24, 2.45) is 0 Å². The monoisotopic (exact) mass is 295 g/mol. The zero-order chi connectivity index (χ0) is 13.1. The van der Waals surface area contributed by atoms with E-state index in [1.807, 2.05) is 19.1 Å².